The van der Waals surface area contributed by atoms with E-state index in [1.807, 2.05) is 26.8 Å². The van der Waals surface area contributed by atoms with Crippen LogP contribution in [0, 0.1) is 5.92 Å². The lowest BCUT2D eigenvalue weighted by Crippen LogP contribution is -2.57. The molecule has 3 aliphatic heterocycles. The van der Waals surface area contributed by atoms with Crippen molar-refractivity contribution in [2.45, 2.75) is 58.3 Å². The second kappa shape index (κ2) is 15.9. The number of hydrogen-bond acceptors (Lipinski definition) is 6. The van der Waals surface area contributed by atoms with Crippen molar-refractivity contribution in [3.05, 3.63) is 144 Å². The third kappa shape index (κ3) is 8.60. The number of piperazine rings is 2. The van der Waals surface area contributed by atoms with Gasteiger partial charge < -0.3 is 24.3 Å². The van der Waals surface area contributed by atoms with Gasteiger partial charge in [0.1, 0.15) is 5.60 Å². The van der Waals surface area contributed by atoms with Crippen LogP contribution in [-0.4, -0.2) is 84.2 Å². The van der Waals surface area contributed by atoms with Gasteiger partial charge >= 0.3 is 6.09 Å². The number of anilines is 2. The average Bonchev–Trinajstić information content (AvgIpc) is 3.52. The Labute approximate surface area is 315 Å². The van der Waals surface area contributed by atoms with Gasteiger partial charge in [0, 0.05) is 75.5 Å². The maximum atomic E-state index is 15.0. The molecule has 2 unspecified atom stereocenters. The molecule has 2 saturated heterocycles. The van der Waals surface area contributed by atoms with E-state index in [0.717, 1.165) is 61.8 Å². The van der Waals surface area contributed by atoms with Crippen LogP contribution in [0.1, 0.15) is 50.4 Å². The summed E-state index contributed by atoms with van der Waals surface area (Å²) in [5, 5.41) is 0. The zero-order chi connectivity index (χ0) is 37.0. The number of carbonyl (C=O) groups excluding carboxylic acids is 2. The molecule has 0 saturated carbocycles. The Balaban J connectivity index is 1.13. The normalized spacial score (nSPS) is 21.1. The second-order valence-electron chi connectivity index (χ2n) is 15.6. The van der Waals surface area contributed by atoms with E-state index in [1.165, 1.54) is 11.1 Å². The molecule has 0 bridgehead atoms. The zero-order valence-corrected chi connectivity index (χ0v) is 31.6. The monoisotopic (exact) mass is 711 g/mol. The molecule has 8 nitrogen and oxygen atoms in total. The van der Waals surface area contributed by atoms with Crippen LogP contribution in [0.5, 0.6) is 0 Å². The quantitative estimate of drug-likeness (QED) is 0.186. The van der Waals surface area contributed by atoms with Gasteiger partial charge in [-0.15, -0.1) is 0 Å². The lowest BCUT2D eigenvalue weighted by Gasteiger charge is -2.43. The summed E-state index contributed by atoms with van der Waals surface area (Å²) >= 11 is 0. The summed E-state index contributed by atoms with van der Waals surface area (Å²) in [5.41, 5.74) is 6.40. The second-order valence-corrected chi connectivity index (χ2v) is 15.6. The summed E-state index contributed by atoms with van der Waals surface area (Å²) in [6.07, 6.45) is 2.76. The van der Waals surface area contributed by atoms with E-state index in [-0.39, 0.29) is 30.0 Å². The molecule has 276 valence electrons. The molecule has 0 aromatic heterocycles. The van der Waals surface area contributed by atoms with Crippen LogP contribution in [0.4, 0.5) is 16.2 Å². The fourth-order valence-corrected chi connectivity index (χ4v) is 8.15. The molecule has 8 heteroatoms. The average molecular weight is 712 g/mol. The fourth-order valence-electron chi connectivity index (χ4n) is 8.15. The minimum Gasteiger partial charge on any atom is -0.444 e. The van der Waals surface area contributed by atoms with Crippen molar-refractivity contribution in [3.8, 4) is 0 Å². The summed E-state index contributed by atoms with van der Waals surface area (Å²) < 4.78 is 5.63. The van der Waals surface area contributed by atoms with Gasteiger partial charge in [0.25, 0.3) is 0 Å². The van der Waals surface area contributed by atoms with E-state index >= 15 is 4.79 Å². The Morgan fingerprint density at radius 1 is 0.717 bits per heavy atom. The number of hydrogen-bond donors (Lipinski definition) is 0. The Morgan fingerprint density at radius 2 is 1.34 bits per heavy atom. The number of nitrogens with zero attached hydrogens (tertiary/aromatic N) is 5. The van der Waals surface area contributed by atoms with E-state index in [4.69, 9.17) is 4.74 Å². The number of ether oxygens (including phenoxy) is 1. The summed E-state index contributed by atoms with van der Waals surface area (Å²) in [7, 11) is 0. The first kappa shape index (κ1) is 36.3. The van der Waals surface area contributed by atoms with E-state index in [1.54, 1.807) is 4.90 Å². The number of allylic oxidation sites excluding steroid dienone is 1. The summed E-state index contributed by atoms with van der Waals surface area (Å²) in [6, 6.07) is 40.3. The third-order valence-electron chi connectivity index (χ3n) is 10.7. The van der Waals surface area contributed by atoms with Gasteiger partial charge in [0.05, 0.1) is 12.0 Å². The highest BCUT2D eigenvalue weighted by molar-refractivity contribution is 5.85. The Kier molecular flexibility index (Phi) is 10.9. The molecule has 53 heavy (non-hydrogen) atoms. The van der Waals surface area contributed by atoms with Crippen LogP contribution in [0.25, 0.3) is 0 Å². The van der Waals surface area contributed by atoms with Crippen LogP contribution in [-0.2, 0) is 22.5 Å². The zero-order valence-electron chi connectivity index (χ0n) is 31.6. The lowest BCUT2D eigenvalue weighted by atomic mass is 9.91. The van der Waals surface area contributed by atoms with E-state index < -0.39 is 5.60 Å². The van der Waals surface area contributed by atoms with Crippen molar-refractivity contribution >= 4 is 23.4 Å². The Bertz CT molecular complexity index is 1870. The highest BCUT2D eigenvalue weighted by Gasteiger charge is 2.43. The Morgan fingerprint density at radius 3 is 2.00 bits per heavy atom. The van der Waals surface area contributed by atoms with Crippen LogP contribution in [0.15, 0.2) is 127 Å². The van der Waals surface area contributed by atoms with Gasteiger partial charge in [-0.25, -0.2) is 4.79 Å². The number of rotatable bonds is 8. The van der Waals surface area contributed by atoms with Crippen molar-refractivity contribution < 1.29 is 14.3 Å². The van der Waals surface area contributed by atoms with Crippen molar-refractivity contribution in [2.75, 3.05) is 55.6 Å². The smallest absolute Gasteiger partial charge is 0.410 e. The van der Waals surface area contributed by atoms with Crippen LogP contribution < -0.4 is 9.80 Å². The maximum absolute atomic E-state index is 15.0. The molecule has 3 aliphatic rings. The maximum Gasteiger partial charge on any atom is 0.410 e. The molecule has 0 spiro atoms. The van der Waals surface area contributed by atoms with Crippen molar-refractivity contribution in [1.82, 2.24) is 14.7 Å². The molecule has 2 amide bonds. The van der Waals surface area contributed by atoms with E-state index in [0.29, 0.717) is 19.6 Å². The summed E-state index contributed by atoms with van der Waals surface area (Å²) in [4.78, 5) is 39.0. The molecule has 3 atom stereocenters. The van der Waals surface area contributed by atoms with Crippen LogP contribution >= 0.6 is 0 Å². The van der Waals surface area contributed by atoms with Gasteiger partial charge in [0.15, 0.2) is 0 Å². The van der Waals surface area contributed by atoms with E-state index in [9.17, 15) is 4.79 Å². The van der Waals surface area contributed by atoms with Gasteiger partial charge in [-0.05, 0) is 69.0 Å². The van der Waals surface area contributed by atoms with E-state index in [2.05, 4.69) is 142 Å². The van der Waals surface area contributed by atoms with Crippen molar-refractivity contribution in [3.63, 3.8) is 0 Å². The highest BCUT2D eigenvalue weighted by Crippen LogP contribution is 2.44. The largest absolute Gasteiger partial charge is 0.444 e. The standard InChI is InChI=1S/C45H53N5O3/c1-34-29-41(43(51)49-28-23-46(32-36-17-10-6-11-18-36)33-40(49)30-35-15-8-5-9-16-35)42(37-19-12-7-13-20-37)50(34)39-22-14-21-38(31-39)47-24-26-48(27-25-47)44(52)53-45(2,3)4/h5-22,29,31,40-42H,23-28,30,32-33H2,1-4H3/t40-,41?,42?/m1/s1. The molecule has 0 N–H and O–H groups in total. The van der Waals surface area contributed by atoms with Gasteiger partial charge in [-0.2, -0.15) is 0 Å². The summed E-state index contributed by atoms with van der Waals surface area (Å²) in [6.45, 7) is 13.7. The molecule has 4 aromatic carbocycles. The first-order chi connectivity index (χ1) is 25.6. The SMILES string of the molecule is CC1=CC(C(=O)N2CCN(Cc3ccccc3)C[C@H]2Cc2ccccc2)C(c2ccccc2)N1c1cccc(N2CCN(C(=O)OC(C)(C)C)CC2)c1. The molecule has 2 fully saturated rings. The van der Waals surface area contributed by atoms with Crippen molar-refractivity contribution in [1.29, 1.82) is 0 Å². The molecular formula is C45H53N5O3. The Hall–Kier alpha value is -5.08. The first-order valence-electron chi connectivity index (χ1n) is 19.1. The molecule has 0 aliphatic carbocycles. The van der Waals surface area contributed by atoms with Crippen LogP contribution in [0.3, 0.4) is 0 Å². The molecular weight excluding hydrogens is 659 g/mol. The highest BCUT2D eigenvalue weighted by atomic mass is 16.6. The number of carbonyl (C=O) groups is 2. The molecule has 3 heterocycles. The minimum absolute atomic E-state index is 0.0595. The minimum atomic E-state index is -0.516. The topological polar surface area (TPSA) is 59.6 Å². The fraction of sp³-hybridized carbons (Fsp3) is 0.378. The first-order valence-corrected chi connectivity index (χ1v) is 19.1. The van der Waals surface area contributed by atoms with Gasteiger partial charge in [-0.3, -0.25) is 9.69 Å². The number of amides is 2. The van der Waals surface area contributed by atoms with Crippen molar-refractivity contribution in [2.24, 2.45) is 5.92 Å². The predicted molar refractivity (Wildman–Crippen MR) is 213 cm³/mol. The lowest BCUT2D eigenvalue weighted by molar-refractivity contribution is -0.139. The third-order valence-corrected chi connectivity index (χ3v) is 10.7. The molecule has 7 rings (SSSR count). The molecule has 4 aromatic rings. The van der Waals surface area contributed by atoms with Gasteiger partial charge in [-0.1, -0.05) is 103 Å². The molecule has 0 radical (unpaired) electrons. The number of benzene rings is 4. The van der Waals surface area contributed by atoms with Crippen LogP contribution in [0.2, 0.25) is 0 Å². The van der Waals surface area contributed by atoms with Gasteiger partial charge in [0.2, 0.25) is 5.91 Å². The summed E-state index contributed by atoms with van der Waals surface area (Å²) in [5.74, 6) is -0.146. The predicted octanol–water partition coefficient (Wildman–Crippen LogP) is 7.78.